The number of nitrogens with zero attached hydrogens (tertiary/aromatic N) is 1. The first-order valence-electron chi connectivity index (χ1n) is 7.25. The van der Waals surface area contributed by atoms with Gasteiger partial charge in [-0.2, -0.15) is 0 Å². The summed E-state index contributed by atoms with van der Waals surface area (Å²) in [5.41, 5.74) is 1.10. The molecule has 1 atom stereocenters. The van der Waals surface area contributed by atoms with Crippen LogP contribution in [0, 0.1) is 5.92 Å². The number of pyridine rings is 1. The van der Waals surface area contributed by atoms with Crippen molar-refractivity contribution >= 4 is 0 Å². The number of ether oxygens (including phenoxy) is 1. The van der Waals surface area contributed by atoms with Crippen LogP contribution in [0.4, 0.5) is 0 Å². The predicted molar refractivity (Wildman–Crippen MR) is 72.7 cm³/mol. The van der Waals surface area contributed by atoms with Crippen molar-refractivity contribution in [3.63, 3.8) is 0 Å². The normalized spacial score (nSPS) is 29.7. The van der Waals surface area contributed by atoms with Crippen LogP contribution in [0.15, 0.2) is 24.4 Å². The summed E-state index contributed by atoms with van der Waals surface area (Å²) >= 11 is 0. The van der Waals surface area contributed by atoms with Gasteiger partial charge in [0.15, 0.2) is 0 Å². The van der Waals surface area contributed by atoms with Gasteiger partial charge in [0.1, 0.15) is 0 Å². The summed E-state index contributed by atoms with van der Waals surface area (Å²) in [6, 6.07) is 6.86. The maximum Gasteiger partial charge on any atom is 0.0576 e. The second-order valence-electron chi connectivity index (χ2n) is 5.67. The summed E-state index contributed by atoms with van der Waals surface area (Å²) in [5.74, 6) is 0.507. The van der Waals surface area contributed by atoms with E-state index in [2.05, 4.69) is 16.4 Å². The van der Waals surface area contributed by atoms with E-state index in [0.29, 0.717) is 12.0 Å². The predicted octanol–water partition coefficient (Wildman–Crippen LogP) is 1.66. The Morgan fingerprint density at radius 1 is 1.26 bits per heavy atom. The molecule has 2 fully saturated rings. The highest BCUT2D eigenvalue weighted by atomic mass is 16.5. The molecule has 0 spiro atoms. The van der Waals surface area contributed by atoms with Crippen molar-refractivity contribution in [2.24, 2.45) is 5.92 Å². The first kappa shape index (κ1) is 13.0. The lowest BCUT2D eigenvalue weighted by molar-refractivity contribution is 0.0138. The summed E-state index contributed by atoms with van der Waals surface area (Å²) in [5, 5.41) is 13.3. The third kappa shape index (κ3) is 3.14. The average molecular weight is 262 g/mol. The van der Waals surface area contributed by atoms with Crippen molar-refractivity contribution in [2.75, 3.05) is 13.2 Å². The van der Waals surface area contributed by atoms with Gasteiger partial charge in [0.25, 0.3) is 0 Å². The molecule has 0 amide bonds. The Morgan fingerprint density at radius 3 is 2.68 bits per heavy atom. The fraction of sp³-hybridized carbons (Fsp3) is 0.667. The van der Waals surface area contributed by atoms with Crippen molar-refractivity contribution in [3.05, 3.63) is 30.1 Å². The molecule has 1 aromatic heterocycles. The van der Waals surface area contributed by atoms with Gasteiger partial charge < -0.3 is 15.2 Å². The van der Waals surface area contributed by atoms with Gasteiger partial charge in [0.05, 0.1) is 17.8 Å². The smallest absolute Gasteiger partial charge is 0.0576 e. The van der Waals surface area contributed by atoms with Crippen molar-refractivity contribution in [2.45, 2.75) is 43.9 Å². The van der Waals surface area contributed by atoms with Crippen LogP contribution in [-0.4, -0.2) is 35.5 Å². The first-order chi connectivity index (χ1) is 9.33. The lowest BCUT2D eigenvalue weighted by Crippen LogP contribution is -2.45. The molecule has 1 aliphatic heterocycles. The maximum atomic E-state index is 9.55. The van der Waals surface area contributed by atoms with Crippen LogP contribution < -0.4 is 5.32 Å². The molecule has 4 nitrogen and oxygen atoms in total. The molecule has 19 heavy (non-hydrogen) atoms. The minimum Gasteiger partial charge on any atom is -0.393 e. The Morgan fingerprint density at radius 2 is 2.05 bits per heavy atom. The zero-order chi connectivity index (χ0) is 13.1. The van der Waals surface area contributed by atoms with E-state index in [4.69, 9.17) is 4.74 Å². The van der Waals surface area contributed by atoms with Crippen molar-refractivity contribution in [1.29, 1.82) is 0 Å². The zero-order valence-corrected chi connectivity index (χ0v) is 11.2. The molecule has 0 radical (unpaired) electrons. The Bertz CT molecular complexity index is 386. The summed E-state index contributed by atoms with van der Waals surface area (Å²) in [6.07, 6.45) is 5.64. The van der Waals surface area contributed by atoms with Crippen LogP contribution in [0.5, 0.6) is 0 Å². The molecule has 2 N–H and O–H groups in total. The van der Waals surface area contributed by atoms with E-state index >= 15 is 0 Å². The van der Waals surface area contributed by atoms with Gasteiger partial charge in [0, 0.05) is 25.5 Å². The van der Waals surface area contributed by atoms with Crippen molar-refractivity contribution in [3.8, 4) is 0 Å². The van der Waals surface area contributed by atoms with Gasteiger partial charge in [0.2, 0.25) is 0 Å². The van der Waals surface area contributed by atoms with E-state index in [1.165, 1.54) is 0 Å². The fourth-order valence-corrected chi connectivity index (χ4v) is 3.04. The Labute approximate surface area is 114 Å². The topological polar surface area (TPSA) is 54.4 Å². The summed E-state index contributed by atoms with van der Waals surface area (Å²) in [4.78, 5) is 4.50. The maximum absolute atomic E-state index is 9.55. The van der Waals surface area contributed by atoms with Gasteiger partial charge in [-0.1, -0.05) is 6.07 Å². The molecule has 0 bridgehead atoms. The van der Waals surface area contributed by atoms with Gasteiger partial charge in [-0.15, -0.1) is 0 Å². The number of aliphatic hydroxyl groups is 1. The minimum absolute atomic E-state index is 0.118. The van der Waals surface area contributed by atoms with Crippen LogP contribution in [0.25, 0.3) is 0 Å². The zero-order valence-electron chi connectivity index (χ0n) is 11.2. The monoisotopic (exact) mass is 262 g/mol. The van der Waals surface area contributed by atoms with Gasteiger partial charge in [-0.3, -0.25) is 4.98 Å². The van der Waals surface area contributed by atoms with E-state index in [9.17, 15) is 5.11 Å². The Balaban J connectivity index is 1.69. The van der Waals surface area contributed by atoms with Crippen LogP contribution in [-0.2, 0) is 4.74 Å². The summed E-state index contributed by atoms with van der Waals surface area (Å²) in [7, 11) is 0. The lowest BCUT2D eigenvalue weighted by Gasteiger charge is -2.40. The standard InChI is InChI=1S/C15H22N2O2/c18-13-9-11(10-13)15(14-3-1-2-6-16-14)17-12-4-7-19-8-5-12/h1-3,6,11-13,15,17-18H,4-5,7-10H2/t11?,13?,15-/m1/s1. The number of aliphatic hydroxyl groups excluding tert-OH is 1. The summed E-state index contributed by atoms with van der Waals surface area (Å²) < 4.78 is 5.41. The second-order valence-corrected chi connectivity index (χ2v) is 5.67. The number of nitrogens with one attached hydrogen (secondary N) is 1. The molecule has 1 saturated carbocycles. The number of hydrogen-bond donors (Lipinski definition) is 2. The molecule has 0 aromatic carbocycles. The van der Waals surface area contributed by atoms with Crippen LogP contribution >= 0.6 is 0 Å². The Hall–Kier alpha value is -0.970. The summed E-state index contributed by atoms with van der Waals surface area (Å²) in [6.45, 7) is 1.69. The second kappa shape index (κ2) is 5.99. The van der Waals surface area contributed by atoms with Gasteiger partial charge >= 0.3 is 0 Å². The third-order valence-electron chi connectivity index (χ3n) is 4.26. The van der Waals surface area contributed by atoms with Crippen LogP contribution in [0.1, 0.15) is 37.4 Å². The number of aromatic nitrogens is 1. The number of rotatable bonds is 4. The van der Waals surface area contributed by atoms with E-state index in [0.717, 1.165) is 44.6 Å². The molecule has 1 saturated heterocycles. The minimum atomic E-state index is -0.118. The van der Waals surface area contributed by atoms with Gasteiger partial charge in [-0.25, -0.2) is 0 Å². The lowest BCUT2D eigenvalue weighted by atomic mass is 9.75. The number of hydrogen-bond acceptors (Lipinski definition) is 4. The van der Waals surface area contributed by atoms with Gasteiger partial charge in [-0.05, 0) is 43.7 Å². The quantitative estimate of drug-likeness (QED) is 0.866. The molecule has 2 heterocycles. The Kier molecular flexibility index (Phi) is 4.11. The molecule has 3 rings (SSSR count). The fourth-order valence-electron chi connectivity index (χ4n) is 3.04. The molecule has 2 aliphatic rings. The highest BCUT2D eigenvalue weighted by Crippen LogP contribution is 2.38. The van der Waals surface area contributed by atoms with E-state index in [1.54, 1.807) is 0 Å². The molecular weight excluding hydrogens is 240 g/mol. The molecule has 104 valence electrons. The molecular formula is C15H22N2O2. The molecule has 0 unspecified atom stereocenters. The molecule has 1 aliphatic carbocycles. The molecule has 4 heteroatoms. The average Bonchev–Trinajstić information content (AvgIpc) is 2.44. The van der Waals surface area contributed by atoms with Crippen LogP contribution in [0.3, 0.4) is 0 Å². The highest BCUT2D eigenvalue weighted by molar-refractivity contribution is 5.12. The van der Waals surface area contributed by atoms with E-state index < -0.39 is 0 Å². The van der Waals surface area contributed by atoms with Crippen molar-refractivity contribution in [1.82, 2.24) is 10.3 Å². The largest absolute Gasteiger partial charge is 0.393 e. The van der Waals surface area contributed by atoms with E-state index in [1.807, 2.05) is 18.3 Å². The highest BCUT2D eigenvalue weighted by Gasteiger charge is 2.36. The van der Waals surface area contributed by atoms with Crippen LogP contribution in [0.2, 0.25) is 0 Å². The first-order valence-corrected chi connectivity index (χ1v) is 7.25. The van der Waals surface area contributed by atoms with Crippen molar-refractivity contribution < 1.29 is 9.84 Å². The van der Waals surface area contributed by atoms with E-state index in [-0.39, 0.29) is 12.1 Å². The molecule has 1 aromatic rings. The third-order valence-corrected chi connectivity index (χ3v) is 4.26. The SMILES string of the molecule is OC1CC([C@@H](NC2CCOCC2)c2ccccn2)C1.